The van der Waals surface area contributed by atoms with Crippen molar-refractivity contribution in [2.45, 2.75) is 50.8 Å². The lowest BCUT2D eigenvalue weighted by Gasteiger charge is -2.23. The summed E-state index contributed by atoms with van der Waals surface area (Å²) >= 11 is 0. The molecule has 0 bridgehead atoms. The van der Waals surface area contributed by atoms with Gasteiger partial charge < -0.3 is 23.7 Å². The van der Waals surface area contributed by atoms with E-state index in [1.807, 2.05) is 44.2 Å². The van der Waals surface area contributed by atoms with Crippen molar-refractivity contribution in [1.82, 2.24) is 0 Å². The van der Waals surface area contributed by atoms with Gasteiger partial charge >= 0.3 is 0 Å². The molecule has 1 unspecified atom stereocenters. The molecular formula is C15H18O5. The van der Waals surface area contributed by atoms with Crippen LogP contribution in [0.25, 0.3) is 0 Å². The minimum absolute atomic E-state index is 0.371. The second-order valence-corrected chi connectivity index (χ2v) is 5.47. The number of aldehydes is 1. The van der Waals surface area contributed by atoms with E-state index in [0.717, 1.165) is 11.8 Å². The lowest BCUT2D eigenvalue weighted by Crippen LogP contribution is -2.37. The van der Waals surface area contributed by atoms with E-state index in [9.17, 15) is 4.79 Å². The molecule has 0 amide bonds. The molecule has 1 aromatic rings. The maximum absolute atomic E-state index is 11.1. The second-order valence-electron chi connectivity index (χ2n) is 5.47. The Labute approximate surface area is 117 Å². The van der Waals surface area contributed by atoms with Crippen molar-refractivity contribution in [1.29, 1.82) is 0 Å². The van der Waals surface area contributed by atoms with Crippen molar-refractivity contribution in [2.24, 2.45) is 0 Å². The number of hydrogen-bond donors (Lipinski definition) is 0. The summed E-state index contributed by atoms with van der Waals surface area (Å²) in [5.74, 6) is -0.711. The van der Waals surface area contributed by atoms with E-state index in [0.29, 0.717) is 6.61 Å². The third-order valence-corrected chi connectivity index (χ3v) is 3.45. The van der Waals surface area contributed by atoms with Gasteiger partial charge in [0.05, 0.1) is 6.61 Å². The van der Waals surface area contributed by atoms with Gasteiger partial charge in [0.2, 0.25) is 0 Å². The molecule has 2 aliphatic heterocycles. The number of hydrogen-bond acceptors (Lipinski definition) is 5. The van der Waals surface area contributed by atoms with Crippen LogP contribution in [0.4, 0.5) is 0 Å². The number of ether oxygens (including phenoxy) is 4. The topological polar surface area (TPSA) is 54.0 Å². The van der Waals surface area contributed by atoms with Gasteiger partial charge in [0, 0.05) is 0 Å². The van der Waals surface area contributed by atoms with E-state index >= 15 is 0 Å². The highest BCUT2D eigenvalue weighted by atomic mass is 16.8. The first-order chi connectivity index (χ1) is 9.59. The van der Waals surface area contributed by atoms with Gasteiger partial charge in [0.1, 0.15) is 18.3 Å². The Hall–Kier alpha value is -1.27. The van der Waals surface area contributed by atoms with E-state index in [-0.39, 0.29) is 6.10 Å². The van der Waals surface area contributed by atoms with Crippen LogP contribution in [0.15, 0.2) is 30.3 Å². The van der Waals surface area contributed by atoms with E-state index in [2.05, 4.69) is 0 Å². The molecule has 0 N–H and O–H groups in total. The van der Waals surface area contributed by atoms with Crippen molar-refractivity contribution in [3.8, 4) is 0 Å². The standard InChI is InChI=1S/C15H18O5/c1-15(2)19-13-12(11(8-16)18-14(13)20-15)17-9-10-6-4-3-5-7-10/h3-8,11-14H,9H2,1-2H3/t11?,12-,13+,14+/m1/s1. The summed E-state index contributed by atoms with van der Waals surface area (Å²) in [7, 11) is 0. The van der Waals surface area contributed by atoms with Gasteiger partial charge in [-0.05, 0) is 19.4 Å². The van der Waals surface area contributed by atoms with Crippen LogP contribution in [-0.2, 0) is 30.3 Å². The van der Waals surface area contributed by atoms with Crippen molar-refractivity contribution in [3.05, 3.63) is 35.9 Å². The molecule has 2 heterocycles. The van der Waals surface area contributed by atoms with Crippen molar-refractivity contribution in [3.63, 3.8) is 0 Å². The molecule has 3 rings (SSSR count). The molecule has 4 atom stereocenters. The number of carbonyl (C=O) groups is 1. The van der Waals surface area contributed by atoms with E-state index in [1.165, 1.54) is 0 Å². The average Bonchev–Trinajstić information content (AvgIpc) is 2.89. The summed E-state index contributed by atoms with van der Waals surface area (Å²) in [4.78, 5) is 11.1. The number of rotatable bonds is 4. The van der Waals surface area contributed by atoms with Gasteiger partial charge in [0.25, 0.3) is 0 Å². The maximum atomic E-state index is 11.1. The summed E-state index contributed by atoms with van der Waals surface area (Å²) in [6, 6.07) is 9.78. The van der Waals surface area contributed by atoms with Gasteiger partial charge in [-0.2, -0.15) is 0 Å². The largest absolute Gasteiger partial charge is 0.367 e. The van der Waals surface area contributed by atoms with Crippen LogP contribution in [0.3, 0.4) is 0 Å². The van der Waals surface area contributed by atoms with E-state index < -0.39 is 24.3 Å². The second kappa shape index (κ2) is 5.26. The fourth-order valence-corrected chi connectivity index (χ4v) is 2.57. The molecule has 5 nitrogen and oxygen atoms in total. The third-order valence-electron chi connectivity index (χ3n) is 3.45. The molecule has 5 heteroatoms. The lowest BCUT2D eigenvalue weighted by molar-refractivity contribution is -0.216. The number of benzene rings is 1. The van der Waals surface area contributed by atoms with Gasteiger partial charge in [0.15, 0.2) is 18.4 Å². The predicted octanol–water partition coefficient (Wildman–Crippen LogP) is 1.65. The molecule has 2 aliphatic rings. The zero-order valence-corrected chi connectivity index (χ0v) is 11.5. The molecule has 0 aromatic heterocycles. The quantitative estimate of drug-likeness (QED) is 0.784. The molecule has 0 radical (unpaired) electrons. The Morgan fingerprint density at radius 1 is 1.25 bits per heavy atom. The van der Waals surface area contributed by atoms with Crippen LogP contribution in [0, 0.1) is 0 Å². The fourth-order valence-electron chi connectivity index (χ4n) is 2.57. The zero-order chi connectivity index (χ0) is 14.2. The van der Waals surface area contributed by atoms with Gasteiger partial charge in [-0.1, -0.05) is 30.3 Å². The predicted molar refractivity (Wildman–Crippen MR) is 69.8 cm³/mol. The lowest BCUT2D eigenvalue weighted by atomic mass is 10.1. The molecule has 2 saturated heterocycles. The first kappa shape index (κ1) is 13.7. The molecular weight excluding hydrogens is 260 g/mol. The van der Waals surface area contributed by atoms with Crippen molar-refractivity contribution in [2.75, 3.05) is 0 Å². The molecule has 1 aromatic carbocycles. The van der Waals surface area contributed by atoms with E-state index in [4.69, 9.17) is 18.9 Å². The summed E-state index contributed by atoms with van der Waals surface area (Å²) in [5, 5.41) is 0. The fraction of sp³-hybridized carbons (Fsp3) is 0.533. The number of fused-ring (bicyclic) bond motifs is 1. The van der Waals surface area contributed by atoms with Crippen LogP contribution < -0.4 is 0 Å². The van der Waals surface area contributed by atoms with Gasteiger partial charge in [-0.3, -0.25) is 0 Å². The Bertz CT molecular complexity index is 472. The van der Waals surface area contributed by atoms with Crippen LogP contribution in [0.2, 0.25) is 0 Å². The molecule has 108 valence electrons. The summed E-state index contributed by atoms with van der Waals surface area (Å²) in [6.45, 7) is 4.05. The Balaban J connectivity index is 1.68. The van der Waals surface area contributed by atoms with Crippen molar-refractivity contribution >= 4 is 6.29 Å². The highest BCUT2D eigenvalue weighted by Gasteiger charge is 2.55. The maximum Gasteiger partial charge on any atom is 0.190 e. The van der Waals surface area contributed by atoms with Crippen LogP contribution >= 0.6 is 0 Å². The van der Waals surface area contributed by atoms with Gasteiger partial charge in [-0.15, -0.1) is 0 Å². The molecule has 0 aliphatic carbocycles. The van der Waals surface area contributed by atoms with Gasteiger partial charge in [-0.25, -0.2) is 0 Å². The summed E-state index contributed by atoms with van der Waals surface area (Å²) < 4.78 is 22.7. The minimum atomic E-state index is -0.711. The Morgan fingerprint density at radius 3 is 2.70 bits per heavy atom. The highest BCUT2D eigenvalue weighted by molar-refractivity contribution is 5.58. The Morgan fingerprint density at radius 2 is 2.00 bits per heavy atom. The van der Waals surface area contributed by atoms with Crippen LogP contribution in [0.1, 0.15) is 19.4 Å². The molecule has 0 saturated carbocycles. The summed E-state index contributed by atoms with van der Waals surface area (Å²) in [5.41, 5.74) is 1.04. The first-order valence-corrected chi connectivity index (χ1v) is 6.71. The van der Waals surface area contributed by atoms with E-state index in [1.54, 1.807) is 0 Å². The SMILES string of the molecule is CC1(C)O[C@@H]2OC(C=O)[C@@H](OCc3ccccc3)[C@@H]2O1. The van der Waals surface area contributed by atoms with Crippen LogP contribution in [0.5, 0.6) is 0 Å². The first-order valence-electron chi connectivity index (χ1n) is 6.71. The smallest absolute Gasteiger partial charge is 0.190 e. The number of carbonyl (C=O) groups excluding carboxylic acids is 1. The van der Waals surface area contributed by atoms with Crippen LogP contribution in [-0.4, -0.2) is 36.7 Å². The monoisotopic (exact) mass is 278 g/mol. The average molecular weight is 278 g/mol. The minimum Gasteiger partial charge on any atom is -0.367 e. The highest BCUT2D eigenvalue weighted by Crippen LogP contribution is 2.38. The van der Waals surface area contributed by atoms with Crippen molar-refractivity contribution < 1.29 is 23.7 Å². The third kappa shape index (κ3) is 2.62. The normalized spacial score (nSPS) is 34.9. The molecule has 2 fully saturated rings. The molecule has 20 heavy (non-hydrogen) atoms. The molecule has 0 spiro atoms. The Kier molecular flexibility index (Phi) is 3.60. The summed E-state index contributed by atoms with van der Waals surface area (Å²) in [6.07, 6.45) is -1.26. The zero-order valence-electron chi connectivity index (χ0n) is 11.5.